The molecule has 1 aromatic rings. The molecule has 1 aliphatic heterocycles. The maximum absolute atomic E-state index is 12.6. The van der Waals surface area contributed by atoms with Crippen molar-refractivity contribution in [3.8, 4) is 5.75 Å². The predicted octanol–water partition coefficient (Wildman–Crippen LogP) is 0.883. The van der Waals surface area contributed by atoms with E-state index in [0.29, 0.717) is 13.0 Å². The molecule has 2 rings (SSSR count). The lowest BCUT2D eigenvalue weighted by Gasteiger charge is -2.32. The Hall–Kier alpha value is -1.84. The zero-order valence-electron chi connectivity index (χ0n) is 14.4. The number of nitrogens with two attached hydrogens (primary N) is 1. The smallest absolute Gasteiger partial charge is 0.255 e. The van der Waals surface area contributed by atoms with Crippen LogP contribution in [0.5, 0.6) is 5.75 Å². The second-order valence-corrected chi connectivity index (χ2v) is 8.26. The van der Waals surface area contributed by atoms with Crippen LogP contribution in [0.1, 0.15) is 26.2 Å². The molecule has 1 aromatic carbocycles. The van der Waals surface area contributed by atoms with Crippen molar-refractivity contribution >= 4 is 33.4 Å². The van der Waals surface area contributed by atoms with Gasteiger partial charge in [-0.2, -0.15) is 0 Å². The minimum absolute atomic E-state index is 0.0242. The summed E-state index contributed by atoms with van der Waals surface area (Å²) in [6, 6.07) is 3.76. The monoisotopic (exact) mass is 403 g/mol. The van der Waals surface area contributed by atoms with Gasteiger partial charge in [-0.05, 0) is 38.0 Å². The standard InChI is InChI=1S/C16H22ClN3O5S/c1-11(20-7-3-2-4-16(20)22)9-19-26(23,24)14-8-12(17)5-6-13(14)25-10-15(18)21/h5-6,8,11,19H,2-4,7,9-10H2,1H3,(H2,18,21)/t11-/m0/s1. The summed E-state index contributed by atoms with van der Waals surface area (Å²) >= 11 is 5.90. The SMILES string of the molecule is C[C@@H](CNS(=O)(=O)c1cc(Cl)ccc1OCC(N)=O)N1CCCCC1=O. The fourth-order valence-electron chi connectivity index (χ4n) is 2.67. The molecular formula is C16H22ClN3O5S. The van der Waals surface area contributed by atoms with Gasteiger partial charge in [0, 0.05) is 30.6 Å². The average Bonchev–Trinajstić information content (AvgIpc) is 2.59. The molecule has 1 atom stereocenters. The Balaban J connectivity index is 2.12. The zero-order chi connectivity index (χ0) is 19.3. The highest BCUT2D eigenvalue weighted by Gasteiger charge is 2.26. The second kappa shape index (κ2) is 8.70. The van der Waals surface area contributed by atoms with Gasteiger partial charge in [-0.1, -0.05) is 11.6 Å². The van der Waals surface area contributed by atoms with Crippen LogP contribution in [-0.2, 0) is 19.6 Å². The van der Waals surface area contributed by atoms with Gasteiger partial charge in [-0.25, -0.2) is 13.1 Å². The fourth-order valence-corrected chi connectivity index (χ4v) is 4.20. The van der Waals surface area contributed by atoms with Crippen molar-refractivity contribution in [3.05, 3.63) is 23.2 Å². The summed E-state index contributed by atoms with van der Waals surface area (Å²) < 4.78 is 32.9. The molecule has 2 amide bonds. The minimum Gasteiger partial charge on any atom is -0.482 e. The van der Waals surface area contributed by atoms with Gasteiger partial charge in [0.2, 0.25) is 15.9 Å². The molecule has 0 radical (unpaired) electrons. The second-order valence-electron chi connectivity index (χ2n) is 6.09. The molecule has 0 spiro atoms. The number of hydrogen-bond donors (Lipinski definition) is 2. The summed E-state index contributed by atoms with van der Waals surface area (Å²) in [4.78, 5) is 24.3. The van der Waals surface area contributed by atoms with Gasteiger partial charge in [-0.3, -0.25) is 9.59 Å². The van der Waals surface area contributed by atoms with Gasteiger partial charge in [0.25, 0.3) is 5.91 Å². The Morgan fingerprint density at radius 2 is 2.15 bits per heavy atom. The molecule has 1 heterocycles. The Labute approximate surface area is 157 Å². The predicted molar refractivity (Wildman–Crippen MR) is 96.4 cm³/mol. The van der Waals surface area contributed by atoms with Crippen LogP contribution in [0.3, 0.4) is 0 Å². The molecule has 0 unspecified atom stereocenters. The molecule has 3 N–H and O–H groups in total. The molecule has 0 saturated carbocycles. The lowest BCUT2D eigenvalue weighted by molar-refractivity contribution is -0.135. The molecule has 26 heavy (non-hydrogen) atoms. The van der Waals surface area contributed by atoms with E-state index >= 15 is 0 Å². The highest BCUT2D eigenvalue weighted by molar-refractivity contribution is 7.89. The number of likely N-dealkylation sites (tertiary alicyclic amines) is 1. The summed E-state index contributed by atoms with van der Waals surface area (Å²) in [5.41, 5.74) is 5.03. The van der Waals surface area contributed by atoms with Gasteiger partial charge in [-0.15, -0.1) is 0 Å². The van der Waals surface area contributed by atoms with Gasteiger partial charge in [0.15, 0.2) is 6.61 Å². The highest BCUT2D eigenvalue weighted by atomic mass is 35.5. The molecule has 144 valence electrons. The van der Waals surface area contributed by atoms with Crippen LogP contribution in [0, 0.1) is 0 Å². The summed E-state index contributed by atoms with van der Waals surface area (Å²) in [6.45, 7) is 2.00. The normalized spacial score (nSPS) is 16.4. The number of benzene rings is 1. The molecule has 1 aliphatic rings. The molecular weight excluding hydrogens is 382 g/mol. The van der Waals surface area contributed by atoms with E-state index < -0.39 is 22.5 Å². The number of carbonyl (C=O) groups is 2. The molecule has 1 fully saturated rings. The van der Waals surface area contributed by atoms with Crippen molar-refractivity contribution in [2.75, 3.05) is 19.7 Å². The number of rotatable bonds is 8. The number of hydrogen-bond acceptors (Lipinski definition) is 5. The van der Waals surface area contributed by atoms with Gasteiger partial charge < -0.3 is 15.4 Å². The van der Waals surface area contributed by atoms with Gasteiger partial charge in [0.05, 0.1) is 0 Å². The quantitative estimate of drug-likeness (QED) is 0.667. The van der Waals surface area contributed by atoms with E-state index in [2.05, 4.69) is 4.72 Å². The first-order valence-corrected chi connectivity index (χ1v) is 10.1. The number of primary amides is 1. The summed E-state index contributed by atoms with van der Waals surface area (Å²) in [7, 11) is -3.96. The van der Waals surface area contributed by atoms with Crippen LogP contribution >= 0.6 is 11.6 Å². The van der Waals surface area contributed by atoms with Crippen LogP contribution in [-0.4, -0.2) is 50.9 Å². The summed E-state index contributed by atoms with van der Waals surface area (Å²) in [6.07, 6.45) is 2.25. The largest absolute Gasteiger partial charge is 0.482 e. The topological polar surface area (TPSA) is 119 Å². The van der Waals surface area contributed by atoms with Crippen LogP contribution in [0.25, 0.3) is 0 Å². The third-order valence-corrected chi connectivity index (χ3v) is 5.71. The maximum atomic E-state index is 12.6. The van der Waals surface area contributed by atoms with E-state index in [-0.39, 0.29) is 34.2 Å². The lowest BCUT2D eigenvalue weighted by Crippen LogP contribution is -2.47. The molecule has 0 aromatic heterocycles. The van der Waals surface area contributed by atoms with Crippen molar-refractivity contribution in [3.63, 3.8) is 0 Å². The van der Waals surface area contributed by atoms with E-state index in [1.165, 1.54) is 18.2 Å². The molecule has 0 bridgehead atoms. The minimum atomic E-state index is -3.96. The number of nitrogens with one attached hydrogen (secondary N) is 1. The Morgan fingerprint density at radius 1 is 1.42 bits per heavy atom. The highest BCUT2D eigenvalue weighted by Crippen LogP contribution is 2.27. The molecule has 1 saturated heterocycles. The first-order valence-electron chi connectivity index (χ1n) is 8.20. The van der Waals surface area contributed by atoms with Gasteiger partial charge in [0.1, 0.15) is 10.6 Å². The van der Waals surface area contributed by atoms with E-state index in [0.717, 1.165) is 12.8 Å². The maximum Gasteiger partial charge on any atom is 0.255 e. The third-order valence-electron chi connectivity index (χ3n) is 4.03. The molecule has 8 nitrogen and oxygen atoms in total. The van der Waals surface area contributed by atoms with Gasteiger partial charge >= 0.3 is 0 Å². The van der Waals surface area contributed by atoms with E-state index in [4.69, 9.17) is 22.1 Å². The first kappa shape index (κ1) is 20.5. The number of amides is 2. The average molecular weight is 404 g/mol. The van der Waals surface area contributed by atoms with E-state index in [1.807, 2.05) is 0 Å². The van der Waals surface area contributed by atoms with Crippen LogP contribution in [0.2, 0.25) is 5.02 Å². The van der Waals surface area contributed by atoms with Crippen LogP contribution in [0.4, 0.5) is 0 Å². The number of halogens is 1. The fraction of sp³-hybridized carbons (Fsp3) is 0.500. The summed E-state index contributed by atoms with van der Waals surface area (Å²) in [5, 5.41) is 0.205. The molecule has 0 aliphatic carbocycles. The Morgan fingerprint density at radius 3 is 2.81 bits per heavy atom. The van der Waals surface area contributed by atoms with Crippen molar-refractivity contribution in [2.24, 2.45) is 5.73 Å². The van der Waals surface area contributed by atoms with Crippen molar-refractivity contribution < 1.29 is 22.7 Å². The van der Waals surface area contributed by atoms with Crippen molar-refractivity contribution in [1.29, 1.82) is 0 Å². The zero-order valence-corrected chi connectivity index (χ0v) is 16.0. The molecule has 10 heteroatoms. The third kappa shape index (κ3) is 5.33. The number of sulfonamides is 1. The number of carbonyl (C=O) groups excluding carboxylic acids is 2. The van der Waals surface area contributed by atoms with E-state index in [1.54, 1.807) is 11.8 Å². The number of piperidine rings is 1. The van der Waals surface area contributed by atoms with E-state index in [9.17, 15) is 18.0 Å². The number of nitrogens with zero attached hydrogens (tertiary/aromatic N) is 1. The van der Waals surface area contributed by atoms with Crippen molar-refractivity contribution in [1.82, 2.24) is 9.62 Å². The lowest BCUT2D eigenvalue weighted by atomic mass is 10.1. The Bertz CT molecular complexity index is 784. The van der Waals surface area contributed by atoms with Crippen molar-refractivity contribution in [2.45, 2.75) is 37.1 Å². The first-order chi connectivity index (χ1) is 12.2. The van der Waals surface area contributed by atoms with Crippen LogP contribution < -0.4 is 15.2 Å². The van der Waals surface area contributed by atoms with Crippen LogP contribution in [0.15, 0.2) is 23.1 Å². The summed E-state index contributed by atoms with van der Waals surface area (Å²) in [5.74, 6) is -0.730. The number of ether oxygens (including phenoxy) is 1. The Kier molecular flexibility index (Phi) is 6.85.